The van der Waals surface area contributed by atoms with Crippen molar-refractivity contribution in [3.8, 4) is 6.07 Å². The van der Waals surface area contributed by atoms with Gasteiger partial charge in [-0.3, -0.25) is 0 Å². The van der Waals surface area contributed by atoms with Crippen LogP contribution in [0.25, 0.3) is 0 Å². The second-order valence-corrected chi connectivity index (χ2v) is 4.69. The molecule has 15 heavy (non-hydrogen) atoms. The Morgan fingerprint density at radius 2 is 2.33 bits per heavy atom. The van der Waals surface area contributed by atoms with E-state index in [1.54, 1.807) is 23.9 Å². The maximum Gasteiger partial charge on any atom is 0.140 e. The zero-order chi connectivity index (χ0) is 10.7. The maximum atomic E-state index is 13.0. The first-order valence-corrected chi connectivity index (χ1v) is 5.72. The van der Waals surface area contributed by atoms with Crippen molar-refractivity contribution in [1.82, 2.24) is 0 Å². The molecular formula is C11H10FNOS. The van der Waals surface area contributed by atoms with E-state index in [0.29, 0.717) is 5.25 Å². The molecule has 0 aromatic heterocycles. The van der Waals surface area contributed by atoms with E-state index in [-0.39, 0.29) is 5.56 Å². The first-order valence-electron chi connectivity index (χ1n) is 4.67. The van der Waals surface area contributed by atoms with E-state index in [2.05, 4.69) is 0 Å². The summed E-state index contributed by atoms with van der Waals surface area (Å²) in [7, 11) is 0. The van der Waals surface area contributed by atoms with Gasteiger partial charge in [0.15, 0.2) is 0 Å². The summed E-state index contributed by atoms with van der Waals surface area (Å²) in [4.78, 5) is 0. The molecule has 78 valence electrons. The lowest BCUT2D eigenvalue weighted by atomic mass is 10.1. The van der Waals surface area contributed by atoms with E-state index in [1.807, 2.05) is 6.07 Å². The van der Waals surface area contributed by atoms with Crippen molar-refractivity contribution >= 4 is 11.8 Å². The number of hydrogen-bond acceptors (Lipinski definition) is 3. The molecule has 0 unspecified atom stereocenters. The van der Waals surface area contributed by atoms with Crippen LogP contribution in [0.1, 0.15) is 11.1 Å². The highest BCUT2D eigenvalue weighted by molar-refractivity contribution is 7.99. The average molecular weight is 223 g/mol. The Bertz CT molecular complexity index is 398. The summed E-state index contributed by atoms with van der Waals surface area (Å²) in [5.41, 5.74) is 1.11. The molecule has 1 fully saturated rings. The van der Waals surface area contributed by atoms with E-state index >= 15 is 0 Å². The van der Waals surface area contributed by atoms with Crippen LogP contribution < -0.4 is 0 Å². The van der Waals surface area contributed by atoms with Crippen molar-refractivity contribution < 1.29 is 9.13 Å². The average Bonchev–Trinajstić information content (AvgIpc) is 2.18. The monoisotopic (exact) mass is 223 g/mol. The molecule has 0 saturated carbocycles. The molecule has 1 aromatic rings. The summed E-state index contributed by atoms with van der Waals surface area (Å²) < 4.78 is 18.1. The standard InChI is InChI=1S/C11H10FNOS/c12-11-2-1-8(3-9(11)4-13)7-15-10-5-14-6-10/h1-3,10H,5-7H2. The Labute approximate surface area is 92.0 Å². The minimum Gasteiger partial charge on any atom is -0.379 e. The van der Waals surface area contributed by atoms with Crippen LogP contribution in [0.5, 0.6) is 0 Å². The zero-order valence-electron chi connectivity index (χ0n) is 8.07. The van der Waals surface area contributed by atoms with Gasteiger partial charge in [-0.05, 0) is 17.7 Å². The summed E-state index contributed by atoms with van der Waals surface area (Å²) in [5.74, 6) is 0.362. The molecule has 0 bridgehead atoms. The van der Waals surface area contributed by atoms with Crippen LogP contribution in [0.2, 0.25) is 0 Å². The largest absolute Gasteiger partial charge is 0.379 e. The molecule has 2 rings (SSSR count). The Morgan fingerprint density at radius 1 is 1.53 bits per heavy atom. The van der Waals surface area contributed by atoms with E-state index in [9.17, 15) is 4.39 Å². The fourth-order valence-corrected chi connectivity index (χ4v) is 2.26. The fourth-order valence-electron chi connectivity index (χ4n) is 1.27. The van der Waals surface area contributed by atoms with Gasteiger partial charge >= 0.3 is 0 Å². The van der Waals surface area contributed by atoms with Crippen LogP contribution >= 0.6 is 11.8 Å². The molecule has 0 amide bonds. The van der Waals surface area contributed by atoms with Crippen molar-refractivity contribution in [3.63, 3.8) is 0 Å². The lowest BCUT2D eigenvalue weighted by molar-refractivity contribution is 0.0455. The van der Waals surface area contributed by atoms with E-state index < -0.39 is 5.82 Å². The van der Waals surface area contributed by atoms with Gasteiger partial charge in [0.1, 0.15) is 11.9 Å². The first-order chi connectivity index (χ1) is 7.29. The van der Waals surface area contributed by atoms with Crippen LogP contribution in [0, 0.1) is 17.1 Å². The second-order valence-electron chi connectivity index (χ2n) is 3.40. The minimum atomic E-state index is -0.446. The Hall–Kier alpha value is -1.05. The molecular weight excluding hydrogens is 213 g/mol. The first kappa shape index (κ1) is 10.5. The number of nitrogens with zero attached hydrogens (tertiary/aromatic N) is 1. The van der Waals surface area contributed by atoms with Gasteiger partial charge in [0.05, 0.1) is 24.0 Å². The summed E-state index contributed by atoms with van der Waals surface area (Å²) in [6.07, 6.45) is 0. The second kappa shape index (κ2) is 4.65. The van der Waals surface area contributed by atoms with Crippen molar-refractivity contribution in [2.24, 2.45) is 0 Å². The van der Waals surface area contributed by atoms with Gasteiger partial charge in [0.2, 0.25) is 0 Å². The van der Waals surface area contributed by atoms with Gasteiger partial charge in [-0.25, -0.2) is 4.39 Å². The molecule has 1 saturated heterocycles. The van der Waals surface area contributed by atoms with E-state index in [1.165, 1.54) is 6.07 Å². The molecule has 4 heteroatoms. The third-order valence-electron chi connectivity index (χ3n) is 2.24. The Kier molecular flexibility index (Phi) is 3.24. The highest BCUT2D eigenvalue weighted by Gasteiger charge is 2.18. The van der Waals surface area contributed by atoms with Gasteiger partial charge < -0.3 is 4.74 Å². The van der Waals surface area contributed by atoms with Gasteiger partial charge in [-0.1, -0.05) is 6.07 Å². The molecule has 0 N–H and O–H groups in total. The van der Waals surface area contributed by atoms with E-state index in [4.69, 9.17) is 10.00 Å². The number of thioether (sulfide) groups is 1. The number of rotatable bonds is 3. The summed E-state index contributed by atoms with van der Waals surface area (Å²) in [6, 6.07) is 6.53. The molecule has 1 heterocycles. The Balaban J connectivity index is 1.99. The number of hydrogen-bond donors (Lipinski definition) is 0. The Morgan fingerprint density at radius 3 is 2.93 bits per heavy atom. The van der Waals surface area contributed by atoms with Crippen LogP contribution in [0.4, 0.5) is 4.39 Å². The molecule has 1 aliphatic rings. The highest BCUT2D eigenvalue weighted by Crippen LogP contribution is 2.24. The number of halogens is 1. The van der Waals surface area contributed by atoms with Gasteiger partial charge in [-0.15, -0.1) is 11.8 Å². The molecule has 0 spiro atoms. The zero-order valence-corrected chi connectivity index (χ0v) is 8.89. The number of benzene rings is 1. The van der Waals surface area contributed by atoms with E-state index in [0.717, 1.165) is 24.5 Å². The van der Waals surface area contributed by atoms with Gasteiger partial charge in [-0.2, -0.15) is 5.26 Å². The van der Waals surface area contributed by atoms with Crippen molar-refractivity contribution in [3.05, 3.63) is 35.1 Å². The fraction of sp³-hybridized carbons (Fsp3) is 0.364. The third-order valence-corrected chi connectivity index (χ3v) is 3.49. The number of ether oxygens (including phenoxy) is 1. The normalized spacial score (nSPS) is 15.7. The topological polar surface area (TPSA) is 33.0 Å². The quantitative estimate of drug-likeness (QED) is 0.788. The highest BCUT2D eigenvalue weighted by atomic mass is 32.2. The lowest BCUT2D eigenvalue weighted by Gasteiger charge is -2.25. The van der Waals surface area contributed by atoms with Crippen molar-refractivity contribution in [2.45, 2.75) is 11.0 Å². The molecule has 1 aliphatic heterocycles. The molecule has 2 nitrogen and oxygen atoms in total. The summed E-state index contributed by atoms with van der Waals surface area (Å²) in [6.45, 7) is 1.61. The van der Waals surface area contributed by atoms with Gasteiger partial charge in [0, 0.05) is 5.75 Å². The summed E-state index contributed by atoms with van der Waals surface area (Å²) in [5, 5.41) is 9.22. The third kappa shape index (κ3) is 2.49. The molecule has 0 radical (unpaired) electrons. The maximum absolute atomic E-state index is 13.0. The van der Waals surface area contributed by atoms with Crippen molar-refractivity contribution in [1.29, 1.82) is 5.26 Å². The van der Waals surface area contributed by atoms with Crippen LogP contribution in [-0.2, 0) is 10.5 Å². The predicted octanol–water partition coefficient (Wildman–Crippen LogP) is 2.33. The molecule has 0 atom stereocenters. The SMILES string of the molecule is N#Cc1cc(CSC2COC2)ccc1F. The van der Waals surface area contributed by atoms with Crippen LogP contribution in [0.15, 0.2) is 18.2 Å². The van der Waals surface area contributed by atoms with Gasteiger partial charge in [0.25, 0.3) is 0 Å². The van der Waals surface area contributed by atoms with Crippen LogP contribution in [-0.4, -0.2) is 18.5 Å². The predicted molar refractivity (Wildman–Crippen MR) is 57.0 cm³/mol. The van der Waals surface area contributed by atoms with Crippen molar-refractivity contribution in [2.75, 3.05) is 13.2 Å². The smallest absolute Gasteiger partial charge is 0.140 e. The molecule has 1 aromatic carbocycles. The number of nitriles is 1. The summed E-state index contributed by atoms with van der Waals surface area (Å²) >= 11 is 1.78. The minimum absolute atomic E-state index is 0.123. The molecule has 0 aliphatic carbocycles. The lowest BCUT2D eigenvalue weighted by Crippen LogP contribution is -2.30. The van der Waals surface area contributed by atoms with Crippen LogP contribution in [0.3, 0.4) is 0 Å².